The summed E-state index contributed by atoms with van der Waals surface area (Å²) in [5.41, 5.74) is 1.19. The first-order valence-electron chi connectivity index (χ1n) is 10.1. The van der Waals surface area contributed by atoms with Gasteiger partial charge in [0.2, 0.25) is 0 Å². The van der Waals surface area contributed by atoms with Gasteiger partial charge >= 0.3 is 6.03 Å². The molecule has 4 rings (SSSR count). The third-order valence-electron chi connectivity index (χ3n) is 6.47. The molecule has 26 heavy (non-hydrogen) atoms. The summed E-state index contributed by atoms with van der Waals surface area (Å²) in [4.78, 5) is 20.1. The predicted molar refractivity (Wildman–Crippen MR) is 104 cm³/mol. The average Bonchev–Trinajstić information content (AvgIpc) is 2.58. The summed E-state index contributed by atoms with van der Waals surface area (Å²) in [6.45, 7) is 10.2. The third-order valence-corrected chi connectivity index (χ3v) is 6.47. The smallest absolute Gasteiger partial charge is 0.317 e. The molecule has 1 aliphatic carbocycles. The summed E-state index contributed by atoms with van der Waals surface area (Å²) < 4.78 is 0. The Labute approximate surface area is 157 Å². The van der Waals surface area contributed by atoms with Crippen LogP contribution in [0.5, 0.6) is 0 Å². The van der Waals surface area contributed by atoms with E-state index in [1.165, 1.54) is 25.8 Å². The minimum atomic E-state index is 0.0404. The van der Waals surface area contributed by atoms with Crippen LogP contribution in [-0.2, 0) is 6.54 Å². The number of urea groups is 1. The van der Waals surface area contributed by atoms with Gasteiger partial charge in [-0.1, -0.05) is 36.8 Å². The molecular weight excluding hydrogens is 324 g/mol. The number of piperazine rings is 2. The van der Waals surface area contributed by atoms with Crippen molar-refractivity contribution in [2.45, 2.75) is 57.3 Å². The Morgan fingerprint density at radius 3 is 2.58 bits per heavy atom. The van der Waals surface area contributed by atoms with Crippen LogP contribution in [0.15, 0.2) is 30.3 Å². The van der Waals surface area contributed by atoms with Gasteiger partial charge in [-0.15, -0.1) is 0 Å². The van der Waals surface area contributed by atoms with Crippen molar-refractivity contribution in [2.75, 3.05) is 32.7 Å². The van der Waals surface area contributed by atoms with Gasteiger partial charge in [0.15, 0.2) is 0 Å². The van der Waals surface area contributed by atoms with Gasteiger partial charge in [-0.3, -0.25) is 9.80 Å². The quantitative estimate of drug-likeness (QED) is 0.905. The highest BCUT2D eigenvalue weighted by atomic mass is 16.2. The van der Waals surface area contributed by atoms with Crippen molar-refractivity contribution in [1.29, 1.82) is 0 Å². The molecule has 3 aliphatic rings. The summed E-state index contributed by atoms with van der Waals surface area (Å²) in [7, 11) is 0. The maximum Gasteiger partial charge on any atom is 0.317 e. The average molecular weight is 357 g/mol. The lowest BCUT2D eigenvalue weighted by molar-refractivity contribution is -0.0683. The number of benzene rings is 1. The lowest BCUT2D eigenvalue weighted by Crippen LogP contribution is -2.71. The molecule has 1 N–H and O–H groups in total. The van der Waals surface area contributed by atoms with Crippen LogP contribution < -0.4 is 5.32 Å². The van der Waals surface area contributed by atoms with Gasteiger partial charge in [0.25, 0.3) is 0 Å². The maximum atomic E-state index is 12.8. The second kappa shape index (κ2) is 7.20. The SMILES string of the molecule is CC1(C)CN(C(=O)NCc2ccccc2)CC2CN(C3CCC3)CCN21. The molecule has 1 aromatic carbocycles. The molecule has 2 saturated heterocycles. The largest absolute Gasteiger partial charge is 0.334 e. The number of fused-ring (bicyclic) bond motifs is 1. The molecule has 1 unspecified atom stereocenters. The molecule has 5 heteroatoms. The fourth-order valence-corrected chi connectivity index (χ4v) is 4.83. The van der Waals surface area contributed by atoms with Crippen LogP contribution in [0.25, 0.3) is 0 Å². The van der Waals surface area contributed by atoms with Gasteiger partial charge in [-0.25, -0.2) is 4.79 Å². The highest BCUT2D eigenvalue weighted by molar-refractivity contribution is 5.74. The number of nitrogens with one attached hydrogen (secondary N) is 1. The lowest BCUT2D eigenvalue weighted by atomic mass is 9.88. The van der Waals surface area contributed by atoms with Crippen LogP contribution in [0, 0.1) is 0 Å². The number of hydrogen-bond donors (Lipinski definition) is 1. The lowest BCUT2D eigenvalue weighted by Gasteiger charge is -2.57. The van der Waals surface area contributed by atoms with Gasteiger partial charge in [0.05, 0.1) is 0 Å². The Balaban J connectivity index is 1.38. The van der Waals surface area contributed by atoms with Crippen molar-refractivity contribution < 1.29 is 4.79 Å². The molecule has 142 valence electrons. The van der Waals surface area contributed by atoms with Gasteiger partial charge in [-0.2, -0.15) is 0 Å². The summed E-state index contributed by atoms with van der Waals surface area (Å²) in [6, 6.07) is 11.5. The maximum absolute atomic E-state index is 12.8. The number of hydrogen-bond acceptors (Lipinski definition) is 3. The molecule has 1 atom stereocenters. The van der Waals surface area contributed by atoms with Gasteiger partial charge in [0, 0.05) is 56.9 Å². The van der Waals surface area contributed by atoms with E-state index in [-0.39, 0.29) is 11.6 Å². The van der Waals surface area contributed by atoms with Gasteiger partial charge < -0.3 is 10.2 Å². The van der Waals surface area contributed by atoms with E-state index in [0.29, 0.717) is 12.6 Å². The first kappa shape index (κ1) is 17.8. The second-order valence-electron chi connectivity index (χ2n) is 8.76. The van der Waals surface area contributed by atoms with Crippen LogP contribution in [0.2, 0.25) is 0 Å². The first-order valence-corrected chi connectivity index (χ1v) is 10.1. The van der Waals surface area contributed by atoms with Crippen LogP contribution in [0.1, 0.15) is 38.7 Å². The fourth-order valence-electron chi connectivity index (χ4n) is 4.83. The number of carbonyl (C=O) groups excluding carboxylic acids is 1. The van der Waals surface area contributed by atoms with Crippen LogP contribution >= 0.6 is 0 Å². The minimum absolute atomic E-state index is 0.0404. The third kappa shape index (κ3) is 3.60. The van der Waals surface area contributed by atoms with E-state index < -0.39 is 0 Å². The normalized spacial score (nSPS) is 26.8. The Kier molecular flexibility index (Phi) is 4.93. The number of rotatable bonds is 3. The Hall–Kier alpha value is -1.59. The molecule has 0 radical (unpaired) electrons. The minimum Gasteiger partial charge on any atom is -0.334 e. The Morgan fingerprint density at radius 2 is 1.88 bits per heavy atom. The first-order chi connectivity index (χ1) is 12.5. The molecule has 2 heterocycles. The van der Waals surface area contributed by atoms with Crippen LogP contribution in [0.3, 0.4) is 0 Å². The Morgan fingerprint density at radius 1 is 1.12 bits per heavy atom. The summed E-state index contributed by atoms with van der Waals surface area (Å²) >= 11 is 0. The molecule has 1 aromatic rings. The highest BCUT2D eigenvalue weighted by Crippen LogP contribution is 2.32. The van der Waals surface area contributed by atoms with Gasteiger partial charge in [-0.05, 0) is 32.3 Å². The van der Waals surface area contributed by atoms with Crippen LogP contribution in [-0.4, -0.2) is 71.1 Å². The topological polar surface area (TPSA) is 38.8 Å². The van der Waals surface area contributed by atoms with Crippen LogP contribution in [0.4, 0.5) is 4.79 Å². The summed E-state index contributed by atoms with van der Waals surface area (Å²) in [5, 5.41) is 3.11. The van der Waals surface area contributed by atoms with Crippen molar-refractivity contribution in [1.82, 2.24) is 20.0 Å². The molecule has 2 amide bonds. The number of carbonyl (C=O) groups is 1. The van der Waals surface area contributed by atoms with Crippen molar-refractivity contribution in [3.63, 3.8) is 0 Å². The summed E-state index contributed by atoms with van der Waals surface area (Å²) in [6.07, 6.45) is 4.10. The van der Waals surface area contributed by atoms with Crippen molar-refractivity contribution >= 4 is 6.03 Å². The monoisotopic (exact) mass is 356 g/mol. The zero-order valence-electron chi connectivity index (χ0n) is 16.2. The molecule has 0 aromatic heterocycles. The van der Waals surface area contributed by atoms with E-state index in [0.717, 1.165) is 37.8 Å². The summed E-state index contributed by atoms with van der Waals surface area (Å²) in [5.74, 6) is 0. The van der Waals surface area contributed by atoms with Crippen molar-refractivity contribution in [2.24, 2.45) is 0 Å². The van der Waals surface area contributed by atoms with E-state index in [9.17, 15) is 4.79 Å². The number of nitrogens with zero attached hydrogens (tertiary/aromatic N) is 3. The molecule has 0 bridgehead atoms. The second-order valence-corrected chi connectivity index (χ2v) is 8.76. The molecule has 2 aliphatic heterocycles. The predicted octanol–water partition coefficient (Wildman–Crippen LogP) is 2.53. The fraction of sp³-hybridized carbons (Fsp3) is 0.667. The van der Waals surface area contributed by atoms with Crippen molar-refractivity contribution in [3.05, 3.63) is 35.9 Å². The molecule has 3 fully saturated rings. The van der Waals surface area contributed by atoms with E-state index in [1.54, 1.807) is 0 Å². The molecular formula is C21H32N4O. The standard InChI is InChI=1S/C21H32N4O/c1-21(2)16-24(20(26)22-13-17-7-4-3-5-8-17)15-19-14-23(11-12-25(19)21)18-9-6-10-18/h3-5,7-8,18-19H,6,9-16H2,1-2H3,(H,22,26). The van der Waals surface area contributed by atoms with E-state index in [2.05, 4.69) is 41.1 Å². The van der Waals surface area contributed by atoms with Gasteiger partial charge in [0.1, 0.15) is 0 Å². The van der Waals surface area contributed by atoms with Crippen molar-refractivity contribution in [3.8, 4) is 0 Å². The van der Waals surface area contributed by atoms with E-state index in [4.69, 9.17) is 0 Å². The number of amides is 2. The van der Waals surface area contributed by atoms with E-state index >= 15 is 0 Å². The zero-order chi connectivity index (χ0) is 18.1. The Bertz CT molecular complexity index is 628. The zero-order valence-corrected chi connectivity index (χ0v) is 16.2. The van der Waals surface area contributed by atoms with E-state index in [1.807, 2.05) is 23.1 Å². The molecule has 1 saturated carbocycles. The molecule has 0 spiro atoms. The molecule has 5 nitrogen and oxygen atoms in total. The highest BCUT2D eigenvalue weighted by Gasteiger charge is 2.45.